The standard InChI is InChI=1S/C16H22FNO2/c1-10-5-6-11(17)7-12(10)13-8-18-9-14(13)15(19)20-16(2,3)4/h5-7,13-14,18H,8-9H2,1-4H3. The molecular weight excluding hydrogens is 257 g/mol. The lowest BCUT2D eigenvalue weighted by atomic mass is 9.86. The molecule has 3 nitrogen and oxygen atoms in total. The SMILES string of the molecule is Cc1ccc(F)cc1C1CNCC1C(=O)OC(C)(C)C. The highest BCUT2D eigenvalue weighted by molar-refractivity contribution is 5.75. The molecule has 1 aromatic rings. The summed E-state index contributed by atoms with van der Waals surface area (Å²) in [6, 6.07) is 4.74. The van der Waals surface area contributed by atoms with E-state index in [0.717, 1.165) is 11.1 Å². The van der Waals surface area contributed by atoms with Gasteiger partial charge in [0.2, 0.25) is 0 Å². The first-order valence-corrected chi connectivity index (χ1v) is 6.97. The molecule has 2 rings (SSSR count). The number of hydrogen-bond acceptors (Lipinski definition) is 3. The third-order valence-electron chi connectivity index (χ3n) is 3.56. The Bertz CT molecular complexity index is 508. The topological polar surface area (TPSA) is 38.3 Å². The maximum atomic E-state index is 13.5. The number of ether oxygens (including phenoxy) is 1. The Kier molecular flexibility index (Phi) is 4.14. The molecule has 110 valence electrons. The van der Waals surface area contributed by atoms with Gasteiger partial charge < -0.3 is 10.1 Å². The molecule has 0 saturated carbocycles. The number of esters is 1. The maximum absolute atomic E-state index is 13.5. The summed E-state index contributed by atoms with van der Waals surface area (Å²) in [4.78, 5) is 12.3. The number of benzene rings is 1. The molecule has 2 atom stereocenters. The van der Waals surface area contributed by atoms with Crippen LogP contribution in [0.15, 0.2) is 18.2 Å². The van der Waals surface area contributed by atoms with Crippen molar-refractivity contribution in [1.82, 2.24) is 5.32 Å². The van der Waals surface area contributed by atoms with Gasteiger partial charge >= 0.3 is 5.97 Å². The van der Waals surface area contributed by atoms with Crippen molar-refractivity contribution in [3.05, 3.63) is 35.1 Å². The van der Waals surface area contributed by atoms with E-state index in [4.69, 9.17) is 4.74 Å². The summed E-state index contributed by atoms with van der Waals surface area (Å²) in [6.45, 7) is 8.77. The molecule has 1 aromatic carbocycles. The third-order valence-corrected chi connectivity index (χ3v) is 3.56. The predicted octanol–water partition coefficient (Wildman–Crippen LogP) is 2.78. The Morgan fingerprint density at radius 1 is 1.35 bits per heavy atom. The number of aryl methyl sites for hydroxylation is 1. The van der Waals surface area contributed by atoms with E-state index in [-0.39, 0.29) is 23.6 Å². The van der Waals surface area contributed by atoms with E-state index in [1.807, 2.05) is 27.7 Å². The van der Waals surface area contributed by atoms with E-state index in [1.165, 1.54) is 12.1 Å². The van der Waals surface area contributed by atoms with Gasteiger partial charge in [0.05, 0.1) is 5.92 Å². The molecule has 0 aromatic heterocycles. The first-order valence-electron chi connectivity index (χ1n) is 6.97. The Labute approximate surface area is 119 Å². The minimum Gasteiger partial charge on any atom is -0.460 e. The minimum atomic E-state index is -0.499. The average Bonchev–Trinajstić information content (AvgIpc) is 2.79. The molecule has 0 bridgehead atoms. The van der Waals surface area contributed by atoms with E-state index >= 15 is 0 Å². The van der Waals surface area contributed by atoms with E-state index in [1.54, 1.807) is 6.07 Å². The lowest BCUT2D eigenvalue weighted by Crippen LogP contribution is -2.32. The second kappa shape index (κ2) is 5.52. The fraction of sp³-hybridized carbons (Fsp3) is 0.562. The van der Waals surface area contributed by atoms with Gasteiger partial charge in [-0.1, -0.05) is 6.07 Å². The fourth-order valence-electron chi connectivity index (χ4n) is 2.64. The Morgan fingerprint density at radius 3 is 2.70 bits per heavy atom. The van der Waals surface area contributed by atoms with Crippen molar-refractivity contribution < 1.29 is 13.9 Å². The van der Waals surface area contributed by atoms with E-state index in [9.17, 15) is 9.18 Å². The van der Waals surface area contributed by atoms with Gasteiger partial charge in [-0.15, -0.1) is 0 Å². The normalized spacial score (nSPS) is 22.9. The number of rotatable bonds is 2. The number of nitrogens with one attached hydrogen (secondary N) is 1. The zero-order valence-electron chi connectivity index (χ0n) is 12.5. The van der Waals surface area contributed by atoms with Crippen molar-refractivity contribution in [1.29, 1.82) is 0 Å². The van der Waals surface area contributed by atoms with Gasteiger partial charge in [0.1, 0.15) is 11.4 Å². The molecule has 4 heteroatoms. The van der Waals surface area contributed by atoms with Gasteiger partial charge in [-0.05, 0) is 51.0 Å². The Hall–Kier alpha value is -1.42. The van der Waals surface area contributed by atoms with Crippen LogP contribution >= 0.6 is 0 Å². The number of carbonyl (C=O) groups excluding carboxylic acids is 1. The van der Waals surface area contributed by atoms with Crippen LogP contribution < -0.4 is 5.32 Å². The summed E-state index contributed by atoms with van der Waals surface area (Å²) in [7, 11) is 0. The smallest absolute Gasteiger partial charge is 0.311 e. The van der Waals surface area contributed by atoms with Gasteiger partial charge in [0, 0.05) is 19.0 Å². The highest BCUT2D eigenvalue weighted by Gasteiger charge is 2.37. The molecule has 1 aliphatic rings. The van der Waals surface area contributed by atoms with Gasteiger partial charge in [-0.25, -0.2) is 4.39 Å². The van der Waals surface area contributed by atoms with Crippen LogP contribution in [0.1, 0.15) is 37.8 Å². The van der Waals surface area contributed by atoms with Crippen LogP contribution in [-0.2, 0) is 9.53 Å². The Morgan fingerprint density at radius 2 is 2.05 bits per heavy atom. The second-order valence-corrected chi connectivity index (χ2v) is 6.41. The zero-order valence-corrected chi connectivity index (χ0v) is 12.5. The van der Waals surface area contributed by atoms with Crippen LogP contribution in [0.4, 0.5) is 4.39 Å². The van der Waals surface area contributed by atoms with Gasteiger partial charge in [-0.3, -0.25) is 4.79 Å². The van der Waals surface area contributed by atoms with Crippen molar-refractivity contribution in [3.8, 4) is 0 Å². The van der Waals surface area contributed by atoms with Gasteiger partial charge in [0.25, 0.3) is 0 Å². The highest BCUT2D eigenvalue weighted by Crippen LogP contribution is 2.32. The molecule has 1 aliphatic heterocycles. The summed E-state index contributed by atoms with van der Waals surface area (Å²) in [5.41, 5.74) is 1.40. The van der Waals surface area contributed by atoms with E-state index in [0.29, 0.717) is 13.1 Å². The van der Waals surface area contributed by atoms with Crippen LogP contribution in [0.3, 0.4) is 0 Å². The van der Waals surface area contributed by atoms with Crippen LogP contribution in [0.5, 0.6) is 0 Å². The molecule has 1 heterocycles. The molecule has 0 aliphatic carbocycles. The van der Waals surface area contributed by atoms with Crippen molar-refractivity contribution >= 4 is 5.97 Å². The molecule has 1 fully saturated rings. The molecular formula is C16H22FNO2. The lowest BCUT2D eigenvalue weighted by Gasteiger charge is -2.25. The summed E-state index contributed by atoms with van der Waals surface area (Å²) < 4.78 is 18.9. The fourth-order valence-corrected chi connectivity index (χ4v) is 2.64. The number of halogens is 1. The van der Waals surface area contributed by atoms with Crippen molar-refractivity contribution in [2.75, 3.05) is 13.1 Å². The number of carbonyl (C=O) groups is 1. The molecule has 0 radical (unpaired) electrons. The van der Waals surface area contributed by atoms with Crippen molar-refractivity contribution in [3.63, 3.8) is 0 Å². The van der Waals surface area contributed by atoms with E-state index < -0.39 is 5.60 Å². The first-order chi connectivity index (χ1) is 9.28. The zero-order chi connectivity index (χ0) is 14.9. The number of hydrogen-bond donors (Lipinski definition) is 1. The maximum Gasteiger partial charge on any atom is 0.311 e. The van der Waals surface area contributed by atoms with Crippen LogP contribution in [0.25, 0.3) is 0 Å². The van der Waals surface area contributed by atoms with Crippen LogP contribution in [0, 0.1) is 18.7 Å². The molecule has 0 spiro atoms. The second-order valence-electron chi connectivity index (χ2n) is 6.41. The van der Waals surface area contributed by atoms with Crippen molar-refractivity contribution in [2.45, 2.75) is 39.2 Å². The molecule has 0 amide bonds. The van der Waals surface area contributed by atoms with Crippen molar-refractivity contribution in [2.24, 2.45) is 5.92 Å². The third kappa shape index (κ3) is 3.37. The first kappa shape index (κ1) is 15.0. The Balaban J connectivity index is 2.23. The predicted molar refractivity (Wildman–Crippen MR) is 76.1 cm³/mol. The summed E-state index contributed by atoms with van der Waals surface area (Å²) in [5, 5.41) is 3.21. The summed E-state index contributed by atoms with van der Waals surface area (Å²) in [6.07, 6.45) is 0. The molecule has 2 unspecified atom stereocenters. The molecule has 1 saturated heterocycles. The van der Waals surface area contributed by atoms with Crippen LogP contribution in [0.2, 0.25) is 0 Å². The summed E-state index contributed by atoms with van der Waals surface area (Å²) in [5.74, 6) is -0.758. The summed E-state index contributed by atoms with van der Waals surface area (Å²) >= 11 is 0. The average molecular weight is 279 g/mol. The van der Waals surface area contributed by atoms with Gasteiger partial charge in [0.15, 0.2) is 0 Å². The monoisotopic (exact) mass is 279 g/mol. The lowest BCUT2D eigenvalue weighted by molar-refractivity contribution is -0.159. The molecule has 20 heavy (non-hydrogen) atoms. The highest BCUT2D eigenvalue weighted by atomic mass is 19.1. The van der Waals surface area contributed by atoms with E-state index in [2.05, 4.69) is 5.32 Å². The largest absolute Gasteiger partial charge is 0.460 e. The van der Waals surface area contributed by atoms with Crippen LogP contribution in [-0.4, -0.2) is 24.7 Å². The quantitative estimate of drug-likeness (QED) is 0.846. The molecule has 1 N–H and O–H groups in total. The van der Waals surface area contributed by atoms with Gasteiger partial charge in [-0.2, -0.15) is 0 Å². The minimum absolute atomic E-state index is 0.0273.